The lowest BCUT2D eigenvalue weighted by molar-refractivity contribution is 0.776. The van der Waals surface area contributed by atoms with Crippen LogP contribution in [0.25, 0.3) is 0 Å². The highest BCUT2D eigenvalue weighted by atomic mass is 31.1. The van der Waals surface area contributed by atoms with Gasteiger partial charge in [0.1, 0.15) is 0 Å². The third kappa shape index (κ3) is 10.2. The molecular weight excluding hydrogens is 151 g/mol. The van der Waals surface area contributed by atoms with E-state index in [0.29, 0.717) is 0 Å². The third-order valence-electron chi connectivity index (χ3n) is 1.72. The fraction of sp³-hybridized carbons (Fsp3) is 0.800. The first-order valence-electron chi connectivity index (χ1n) is 4.73. The monoisotopic (exact) mass is 172 g/mol. The molecule has 0 aromatic heterocycles. The van der Waals surface area contributed by atoms with Crippen LogP contribution in [0.5, 0.6) is 0 Å². The molecule has 1 atom stereocenters. The second kappa shape index (κ2) is 10.2. The van der Waals surface area contributed by atoms with E-state index in [1.807, 2.05) is 6.08 Å². The van der Waals surface area contributed by atoms with Crippen molar-refractivity contribution in [2.24, 2.45) is 0 Å². The first kappa shape index (κ1) is 11.2. The van der Waals surface area contributed by atoms with E-state index in [1.165, 1.54) is 53.0 Å². The standard InChI is InChI=1S/C10H21P/c1-3-5-7-9-11-10-8-6-4-2/h3,11H,1,4-10H2,2H3. The molecule has 0 saturated heterocycles. The van der Waals surface area contributed by atoms with Gasteiger partial charge in [-0.1, -0.05) is 25.8 Å². The minimum atomic E-state index is 1.20. The fourth-order valence-corrected chi connectivity index (χ4v) is 2.20. The fourth-order valence-electron chi connectivity index (χ4n) is 0.996. The van der Waals surface area contributed by atoms with Gasteiger partial charge in [-0.2, -0.15) is 0 Å². The number of allylic oxidation sites excluding steroid dienone is 1. The van der Waals surface area contributed by atoms with Gasteiger partial charge in [0.05, 0.1) is 0 Å². The van der Waals surface area contributed by atoms with Gasteiger partial charge in [0.25, 0.3) is 0 Å². The molecule has 0 rings (SSSR count). The molecule has 0 nitrogen and oxygen atoms in total. The number of hydrogen-bond acceptors (Lipinski definition) is 0. The maximum absolute atomic E-state index is 3.71. The third-order valence-corrected chi connectivity index (χ3v) is 3.13. The molecule has 0 aliphatic carbocycles. The van der Waals surface area contributed by atoms with Crippen molar-refractivity contribution in [3.8, 4) is 0 Å². The maximum Gasteiger partial charge on any atom is -0.0350 e. The van der Waals surface area contributed by atoms with E-state index < -0.39 is 0 Å². The highest BCUT2D eigenvalue weighted by Crippen LogP contribution is 2.15. The van der Waals surface area contributed by atoms with Gasteiger partial charge >= 0.3 is 0 Å². The normalized spacial score (nSPS) is 11.0. The van der Waals surface area contributed by atoms with Crippen molar-refractivity contribution in [1.82, 2.24) is 0 Å². The smallest absolute Gasteiger partial charge is 0.0350 e. The van der Waals surface area contributed by atoms with Crippen LogP contribution in [0, 0.1) is 0 Å². The lowest BCUT2D eigenvalue weighted by Crippen LogP contribution is -1.80. The van der Waals surface area contributed by atoms with Crippen LogP contribution in [0.15, 0.2) is 12.7 Å². The number of hydrogen-bond donors (Lipinski definition) is 0. The van der Waals surface area contributed by atoms with E-state index >= 15 is 0 Å². The van der Waals surface area contributed by atoms with Crippen LogP contribution in [0.3, 0.4) is 0 Å². The Morgan fingerprint density at radius 1 is 1.18 bits per heavy atom. The van der Waals surface area contributed by atoms with Crippen molar-refractivity contribution in [2.45, 2.75) is 39.0 Å². The number of rotatable bonds is 8. The van der Waals surface area contributed by atoms with Gasteiger partial charge in [0.15, 0.2) is 0 Å². The van der Waals surface area contributed by atoms with Crippen molar-refractivity contribution in [1.29, 1.82) is 0 Å². The van der Waals surface area contributed by atoms with E-state index in [9.17, 15) is 0 Å². The Bertz CT molecular complexity index is 78.9. The maximum atomic E-state index is 3.71. The molecule has 0 aliphatic heterocycles. The van der Waals surface area contributed by atoms with Gasteiger partial charge < -0.3 is 0 Å². The van der Waals surface area contributed by atoms with Gasteiger partial charge in [-0.25, -0.2) is 0 Å². The summed E-state index contributed by atoms with van der Waals surface area (Å²) in [6.07, 6.45) is 11.7. The molecule has 0 fully saturated rings. The molecule has 1 heteroatoms. The molecule has 0 aromatic carbocycles. The Hall–Kier alpha value is 0.170. The van der Waals surface area contributed by atoms with Gasteiger partial charge in [-0.3, -0.25) is 0 Å². The average molecular weight is 172 g/mol. The van der Waals surface area contributed by atoms with E-state index in [-0.39, 0.29) is 0 Å². The summed E-state index contributed by atoms with van der Waals surface area (Å²) in [7, 11) is 1.20. The van der Waals surface area contributed by atoms with Gasteiger partial charge in [0.2, 0.25) is 0 Å². The second-order valence-corrected chi connectivity index (χ2v) is 4.39. The predicted octanol–water partition coefficient (Wildman–Crippen LogP) is 3.82. The van der Waals surface area contributed by atoms with Crippen LogP contribution < -0.4 is 0 Å². The van der Waals surface area contributed by atoms with Crippen LogP contribution in [0.4, 0.5) is 0 Å². The molecule has 0 radical (unpaired) electrons. The topological polar surface area (TPSA) is 0 Å². The van der Waals surface area contributed by atoms with Gasteiger partial charge in [-0.05, 0) is 31.6 Å². The zero-order valence-electron chi connectivity index (χ0n) is 7.73. The summed E-state index contributed by atoms with van der Waals surface area (Å²) in [5.74, 6) is 0. The van der Waals surface area contributed by atoms with E-state index in [4.69, 9.17) is 0 Å². The summed E-state index contributed by atoms with van der Waals surface area (Å²) >= 11 is 0. The highest BCUT2D eigenvalue weighted by molar-refractivity contribution is 7.37. The SMILES string of the molecule is C=CCCCPCCCCC. The molecule has 0 spiro atoms. The lowest BCUT2D eigenvalue weighted by atomic mass is 10.3. The van der Waals surface area contributed by atoms with Crippen molar-refractivity contribution >= 4 is 8.58 Å². The van der Waals surface area contributed by atoms with Crippen molar-refractivity contribution < 1.29 is 0 Å². The van der Waals surface area contributed by atoms with Crippen LogP contribution in [0.1, 0.15) is 39.0 Å². The molecule has 0 amide bonds. The molecule has 11 heavy (non-hydrogen) atoms. The minimum absolute atomic E-state index is 1.20. The minimum Gasteiger partial charge on any atom is -0.122 e. The van der Waals surface area contributed by atoms with Crippen molar-refractivity contribution in [2.75, 3.05) is 12.3 Å². The number of unbranched alkanes of at least 4 members (excludes halogenated alkanes) is 3. The molecule has 0 aromatic rings. The van der Waals surface area contributed by atoms with Crippen LogP contribution >= 0.6 is 8.58 Å². The summed E-state index contributed by atoms with van der Waals surface area (Å²) < 4.78 is 0. The summed E-state index contributed by atoms with van der Waals surface area (Å²) in [6.45, 7) is 5.98. The molecule has 0 heterocycles. The summed E-state index contributed by atoms with van der Waals surface area (Å²) in [5.41, 5.74) is 0. The summed E-state index contributed by atoms with van der Waals surface area (Å²) in [6, 6.07) is 0. The lowest BCUT2D eigenvalue weighted by Gasteiger charge is -1.98. The Morgan fingerprint density at radius 2 is 1.91 bits per heavy atom. The van der Waals surface area contributed by atoms with Crippen molar-refractivity contribution in [3.05, 3.63) is 12.7 Å². The van der Waals surface area contributed by atoms with E-state index in [2.05, 4.69) is 13.5 Å². The Labute approximate surface area is 73.2 Å². The zero-order chi connectivity index (χ0) is 8.36. The average Bonchev–Trinajstić information content (AvgIpc) is 2.03. The van der Waals surface area contributed by atoms with E-state index in [0.717, 1.165) is 0 Å². The first-order valence-corrected chi connectivity index (χ1v) is 6.14. The highest BCUT2D eigenvalue weighted by Gasteiger charge is 1.87. The van der Waals surface area contributed by atoms with E-state index in [1.54, 1.807) is 0 Å². The summed E-state index contributed by atoms with van der Waals surface area (Å²) in [5, 5.41) is 0. The summed E-state index contributed by atoms with van der Waals surface area (Å²) in [4.78, 5) is 0. The zero-order valence-corrected chi connectivity index (χ0v) is 8.73. The Balaban J connectivity index is 2.74. The molecular formula is C10H21P. The van der Waals surface area contributed by atoms with Crippen LogP contribution in [-0.2, 0) is 0 Å². The molecule has 0 N–H and O–H groups in total. The second-order valence-electron chi connectivity index (χ2n) is 2.89. The molecule has 0 aliphatic rings. The largest absolute Gasteiger partial charge is 0.122 e. The molecule has 66 valence electrons. The molecule has 0 bridgehead atoms. The van der Waals surface area contributed by atoms with Crippen LogP contribution in [0.2, 0.25) is 0 Å². The Kier molecular flexibility index (Phi) is 10.3. The first-order chi connectivity index (χ1) is 5.41. The van der Waals surface area contributed by atoms with Crippen LogP contribution in [-0.4, -0.2) is 12.3 Å². The predicted molar refractivity (Wildman–Crippen MR) is 57.0 cm³/mol. The van der Waals surface area contributed by atoms with Gasteiger partial charge in [-0.15, -0.1) is 15.2 Å². The van der Waals surface area contributed by atoms with Gasteiger partial charge in [0, 0.05) is 0 Å². The molecule has 0 saturated carbocycles. The van der Waals surface area contributed by atoms with Crippen molar-refractivity contribution in [3.63, 3.8) is 0 Å². The quantitative estimate of drug-likeness (QED) is 0.296. The Morgan fingerprint density at radius 3 is 2.55 bits per heavy atom. The molecule has 1 unspecified atom stereocenters.